The molecule has 0 saturated carbocycles. The number of likely N-dealkylation sites (tertiary alicyclic amines) is 1. The lowest BCUT2D eigenvalue weighted by Crippen LogP contribution is -2.44. The maximum Gasteiger partial charge on any atom is 0.410 e. The van der Waals surface area contributed by atoms with Gasteiger partial charge in [-0.15, -0.1) is 5.12 Å². The lowest BCUT2D eigenvalue weighted by Gasteiger charge is -2.33. The molecular weight excluding hydrogens is 463 g/mol. The van der Waals surface area contributed by atoms with Crippen molar-refractivity contribution in [2.75, 3.05) is 24.5 Å². The third-order valence-corrected chi connectivity index (χ3v) is 6.30. The van der Waals surface area contributed by atoms with Crippen molar-refractivity contribution < 1.29 is 32.0 Å². The van der Waals surface area contributed by atoms with Gasteiger partial charge in [0, 0.05) is 37.8 Å². The Labute approximate surface area is 199 Å². The number of nitrogens with zero attached hydrogens (tertiary/aromatic N) is 2. The Morgan fingerprint density at radius 2 is 1.56 bits per heavy atom. The van der Waals surface area contributed by atoms with Crippen LogP contribution in [0, 0.1) is 0 Å². The molecule has 2 aromatic rings. The Kier molecular flexibility index (Phi) is 7.50. The van der Waals surface area contributed by atoms with E-state index in [9.17, 15) is 22.5 Å². The number of amides is 2. The minimum atomic E-state index is -3.41. The van der Waals surface area contributed by atoms with Gasteiger partial charge in [0.25, 0.3) is 5.91 Å². The van der Waals surface area contributed by atoms with Gasteiger partial charge in [-0.3, -0.25) is 4.79 Å². The van der Waals surface area contributed by atoms with E-state index >= 15 is 0 Å². The molecule has 0 spiro atoms. The average molecular weight is 493 g/mol. The molecule has 0 bridgehead atoms. The second-order valence-corrected chi connectivity index (χ2v) is 11.2. The topological polar surface area (TPSA) is 93.2 Å². The Hall–Kier alpha value is -3.14. The van der Waals surface area contributed by atoms with Crippen molar-refractivity contribution in [1.82, 2.24) is 4.90 Å². The van der Waals surface area contributed by atoms with Crippen LogP contribution in [0.4, 0.5) is 15.0 Å². The lowest BCUT2D eigenvalue weighted by molar-refractivity contribution is 0.0126. The third-order valence-electron chi connectivity index (χ3n) is 5.17. The molecule has 0 radical (unpaired) electrons. The van der Waals surface area contributed by atoms with E-state index in [0.717, 1.165) is 6.26 Å². The Morgan fingerprint density at radius 1 is 1.00 bits per heavy atom. The van der Waals surface area contributed by atoms with Crippen molar-refractivity contribution in [2.45, 2.75) is 50.2 Å². The summed E-state index contributed by atoms with van der Waals surface area (Å²) >= 11 is 0. The molecule has 8 nitrogen and oxygen atoms in total. The average Bonchev–Trinajstić information content (AvgIpc) is 2.77. The number of halogens is 1. The van der Waals surface area contributed by atoms with E-state index in [1.54, 1.807) is 17.0 Å². The molecule has 1 fully saturated rings. The molecule has 0 atom stereocenters. The molecule has 10 heteroatoms. The van der Waals surface area contributed by atoms with Gasteiger partial charge in [0.05, 0.1) is 10.6 Å². The van der Waals surface area contributed by atoms with Crippen molar-refractivity contribution in [3.05, 3.63) is 54.1 Å². The number of hydrogen-bond donors (Lipinski definition) is 0. The number of ether oxygens (including phenoxy) is 2. The highest BCUT2D eigenvalue weighted by molar-refractivity contribution is 7.90. The van der Waals surface area contributed by atoms with E-state index in [-0.39, 0.29) is 33.5 Å². The molecular formula is C24H29FN2O6S. The minimum absolute atomic E-state index is 0.0334. The van der Waals surface area contributed by atoms with Crippen LogP contribution in [0.2, 0.25) is 0 Å². The predicted molar refractivity (Wildman–Crippen MR) is 125 cm³/mol. The van der Waals surface area contributed by atoms with Crippen LogP contribution < -0.4 is 9.86 Å². The number of benzene rings is 2. The summed E-state index contributed by atoms with van der Waals surface area (Å²) in [6.07, 6.45) is 1.90. The molecule has 0 aliphatic carbocycles. The number of hydrogen-bond acceptors (Lipinski definition) is 6. The maximum absolute atomic E-state index is 14.6. The van der Waals surface area contributed by atoms with Crippen molar-refractivity contribution in [2.24, 2.45) is 0 Å². The molecule has 2 aromatic carbocycles. The number of carbonyl (C=O) groups excluding carboxylic acids is 2. The highest BCUT2D eigenvalue weighted by Gasteiger charge is 2.27. The van der Waals surface area contributed by atoms with Crippen molar-refractivity contribution >= 4 is 27.5 Å². The quantitative estimate of drug-likeness (QED) is 0.575. The first-order valence-electron chi connectivity index (χ1n) is 10.9. The number of anilines is 1. The first kappa shape index (κ1) is 25.5. The van der Waals surface area contributed by atoms with E-state index in [0.29, 0.717) is 31.7 Å². The van der Waals surface area contributed by atoms with E-state index in [2.05, 4.69) is 0 Å². The van der Waals surface area contributed by atoms with Gasteiger partial charge in [0.15, 0.2) is 9.84 Å². The molecule has 1 heterocycles. The lowest BCUT2D eigenvalue weighted by atomic mass is 10.1. The van der Waals surface area contributed by atoms with Crippen molar-refractivity contribution in [3.8, 4) is 5.75 Å². The summed E-state index contributed by atoms with van der Waals surface area (Å²) < 4.78 is 49.0. The zero-order valence-corrected chi connectivity index (χ0v) is 20.5. The van der Waals surface area contributed by atoms with Crippen LogP contribution in [0.3, 0.4) is 0 Å². The van der Waals surface area contributed by atoms with Crippen LogP contribution >= 0.6 is 0 Å². The molecule has 1 aliphatic heterocycles. The first-order valence-corrected chi connectivity index (χ1v) is 12.8. The van der Waals surface area contributed by atoms with Gasteiger partial charge in [-0.25, -0.2) is 13.2 Å². The first-order chi connectivity index (χ1) is 15.8. The van der Waals surface area contributed by atoms with Gasteiger partial charge in [0.1, 0.15) is 17.5 Å². The summed E-state index contributed by atoms with van der Waals surface area (Å²) in [6, 6.07) is 11.1. The Bertz CT molecular complexity index is 1120. The summed E-state index contributed by atoms with van der Waals surface area (Å²) in [6.45, 7) is 6.51. The number of carbonyl (C=O) groups is 2. The summed E-state index contributed by atoms with van der Waals surface area (Å²) in [5, 5.41) is -0.0334. The van der Waals surface area contributed by atoms with E-state index in [1.165, 1.54) is 36.4 Å². The molecule has 0 aromatic heterocycles. The van der Waals surface area contributed by atoms with Gasteiger partial charge < -0.3 is 14.4 Å². The number of piperidine rings is 1. The summed E-state index contributed by atoms with van der Waals surface area (Å²) in [4.78, 5) is 26.3. The van der Waals surface area contributed by atoms with E-state index in [1.807, 2.05) is 20.8 Å². The third kappa shape index (κ3) is 6.69. The van der Waals surface area contributed by atoms with Crippen LogP contribution in [0.5, 0.6) is 5.75 Å². The zero-order valence-electron chi connectivity index (χ0n) is 19.7. The van der Waals surface area contributed by atoms with Crippen LogP contribution in [-0.2, 0) is 14.6 Å². The second kappa shape index (κ2) is 10.0. The summed E-state index contributed by atoms with van der Waals surface area (Å²) in [5.74, 6) is -0.348. The molecule has 34 heavy (non-hydrogen) atoms. The van der Waals surface area contributed by atoms with Gasteiger partial charge in [-0.2, -0.15) is 0 Å². The largest absolute Gasteiger partial charge is 0.490 e. The van der Waals surface area contributed by atoms with Gasteiger partial charge in [-0.05, 0) is 69.3 Å². The minimum Gasteiger partial charge on any atom is -0.490 e. The van der Waals surface area contributed by atoms with Crippen molar-refractivity contribution in [1.29, 1.82) is 0 Å². The molecule has 0 N–H and O–H groups in total. The molecule has 0 unspecified atom stereocenters. The van der Waals surface area contributed by atoms with E-state index < -0.39 is 21.3 Å². The zero-order chi connectivity index (χ0) is 25.1. The van der Waals surface area contributed by atoms with Crippen molar-refractivity contribution in [3.63, 3.8) is 0 Å². The Morgan fingerprint density at radius 3 is 2.06 bits per heavy atom. The fraction of sp³-hybridized carbons (Fsp3) is 0.417. The highest BCUT2D eigenvalue weighted by Crippen LogP contribution is 2.24. The number of sulfone groups is 1. The SMILES string of the molecule is CC(C)(C)OC(=O)N1CCC(Oc2ccc(C(=O)N(F)c3ccc(S(C)(=O)=O)cc3)cc2)CC1. The van der Waals surface area contributed by atoms with Gasteiger partial charge >= 0.3 is 6.09 Å². The predicted octanol–water partition coefficient (Wildman–Crippen LogP) is 4.40. The molecule has 3 rings (SSSR count). The fourth-order valence-electron chi connectivity index (χ4n) is 3.41. The second-order valence-electron chi connectivity index (χ2n) is 9.16. The summed E-state index contributed by atoms with van der Waals surface area (Å²) in [7, 11) is -3.41. The standard InChI is InChI=1S/C24H29FN2O6S/c1-24(2,3)33-23(29)26-15-13-20(14-16-26)32-19-9-5-17(6-10-19)22(28)27(25)18-7-11-21(12-8-18)34(4,30)31/h5-12,20H,13-16H2,1-4H3. The van der Waals surface area contributed by atoms with Gasteiger partial charge in [0.2, 0.25) is 0 Å². The van der Waals surface area contributed by atoms with Crippen LogP contribution in [0.1, 0.15) is 44.0 Å². The molecule has 1 saturated heterocycles. The van der Waals surface area contributed by atoms with Crippen LogP contribution in [0.25, 0.3) is 0 Å². The Balaban J connectivity index is 1.55. The summed E-state index contributed by atoms with van der Waals surface area (Å²) in [5.41, 5.74) is -0.505. The van der Waals surface area contributed by atoms with Gasteiger partial charge in [-0.1, -0.05) is 4.48 Å². The smallest absolute Gasteiger partial charge is 0.410 e. The highest BCUT2D eigenvalue weighted by atomic mass is 32.2. The van der Waals surface area contributed by atoms with E-state index in [4.69, 9.17) is 9.47 Å². The fourth-order valence-corrected chi connectivity index (χ4v) is 4.04. The molecule has 184 valence electrons. The molecule has 2 amide bonds. The molecule has 1 aliphatic rings. The number of rotatable bonds is 5. The maximum atomic E-state index is 14.6. The normalized spacial score (nSPS) is 15.0. The monoisotopic (exact) mass is 492 g/mol. The van der Waals surface area contributed by atoms with Crippen LogP contribution in [0.15, 0.2) is 53.4 Å². The van der Waals surface area contributed by atoms with Crippen LogP contribution in [-0.4, -0.2) is 56.4 Å².